The Morgan fingerprint density at radius 1 is 1.21 bits per heavy atom. The molecule has 0 saturated heterocycles. The molecule has 0 bridgehead atoms. The van der Waals surface area contributed by atoms with Gasteiger partial charge in [0, 0.05) is 16.0 Å². The number of benzene rings is 2. The van der Waals surface area contributed by atoms with Crippen LogP contribution in [0.3, 0.4) is 0 Å². The van der Waals surface area contributed by atoms with Crippen molar-refractivity contribution in [2.75, 3.05) is 6.26 Å². The Morgan fingerprint density at radius 2 is 1.89 bits per heavy atom. The quantitative estimate of drug-likeness (QED) is 0.844. The van der Waals surface area contributed by atoms with E-state index in [2.05, 4.69) is 0 Å². The SMILES string of the molecule is CSc1ccc(C(N)Cc2ccc(Cl)cc2F)cc1. The first kappa shape index (κ1) is 14.4. The van der Waals surface area contributed by atoms with Crippen molar-refractivity contribution >= 4 is 23.4 Å². The highest BCUT2D eigenvalue weighted by Gasteiger charge is 2.10. The minimum atomic E-state index is -0.302. The molecule has 0 saturated carbocycles. The van der Waals surface area contributed by atoms with Crippen molar-refractivity contribution in [3.63, 3.8) is 0 Å². The first-order valence-corrected chi connectivity index (χ1v) is 7.54. The van der Waals surface area contributed by atoms with Gasteiger partial charge >= 0.3 is 0 Å². The van der Waals surface area contributed by atoms with Crippen LogP contribution in [0.1, 0.15) is 17.2 Å². The van der Waals surface area contributed by atoms with E-state index in [9.17, 15) is 4.39 Å². The molecule has 2 aromatic carbocycles. The zero-order chi connectivity index (χ0) is 13.8. The van der Waals surface area contributed by atoms with Crippen molar-refractivity contribution in [1.29, 1.82) is 0 Å². The predicted molar refractivity (Wildman–Crippen MR) is 80.3 cm³/mol. The van der Waals surface area contributed by atoms with Gasteiger partial charge in [-0.1, -0.05) is 29.8 Å². The van der Waals surface area contributed by atoms with E-state index < -0.39 is 0 Å². The summed E-state index contributed by atoms with van der Waals surface area (Å²) in [4.78, 5) is 1.19. The van der Waals surface area contributed by atoms with Crippen LogP contribution in [0.25, 0.3) is 0 Å². The van der Waals surface area contributed by atoms with Gasteiger partial charge in [-0.2, -0.15) is 0 Å². The smallest absolute Gasteiger partial charge is 0.127 e. The summed E-state index contributed by atoms with van der Waals surface area (Å²) in [5, 5.41) is 0.402. The van der Waals surface area contributed by atoms with Crippen LogP contribution < -0.4 is 5.73 Å². The summed E-state index contributed by atoms with van der Waals surface area (Å²) in [6.45, 7) is 0. The van der Waals surface area contributed by atoms with E-state index in [0.717, 1.165) is 5.56 Å². The minimum Gasteiger partial charge on any atom is -0.324 e. The molecule has 0 radical (unpaired) electrons. The number of rotatable bonds is 4. The van der Waals surface area contributed by atoms with Gasteiger partial charge in [-0.25, -0.2) is 4.39 Å². The van der Waals surface area contributed by atoms with Crippen LogP contribution in [0.4, 0.5) is 4.39 Å². The lowest BCUT2D eigenvalue weighted by Crippen LogP contribution is -2.14. The molecule has 2 aromatic rings. The highest BCUT2D eigenvalue weighted by Crippen LogP contribution is 2.22. The van der Waals surface area contributed by atoms with E-state index in [1.807, 2.05) is 30.5 Å². The number of hydrogen-bond donors (Lipinski definition) is 1. The lowest BCUT2D eigenvalue weighted by atomic mass is 9.99. The second kappa shape index (κ2) is 6.42. The molecule has 0 amide bonds. The summed E-state index contributed by atoms with van der Waals surface area (Å²) in [6, 6.07) is 12.5. The molecule has 4 heteroatoms. The van der Waals surface area contributed by atoms with E-state index >= 15 is 0 Å². The lowest BCUT2D eigenvalue weighted by molar-refractivity contribution is 0.593. The lowest BCUT2D eigenvalue weighted by Gasteiger charge is -2.13. The second-order valence-corrected chi connectivity index (χ2v) is 5.64. The average Bonchev–Trinajstić information content (AvgIpc) is 2.42. The number of halogens is 2. The summed E-state index contributed by atoms with van der Waals surface area (Å²) >= 11 is 7.41. The van der Waals surface area contributed by atoms with E-state index in [1.54, 1.807) is 23.9 Å². The predicted octanol–water partition coefficient (Wildman–Crippen LogP) is 4.44. The van der Waals surface area contributed by atoms with Crippen LogP contribution in [0.5, 0.6) is 0 Å². The van der Waals surface area contributed by atoms with E-state index in [4.69, 9.17) is 17.3 Å². The van der Waals surface area contributed by atoms with Gasteiger partial charge < -0.3 is 5.73 Å². The Balaban J connectivity index is 2.13. The van der Waals surface area contributed by atoms with E-state index in [-0.39, 0.29) is 11.9 Å². The molecule has 0 spiro atoms. The molecule has 2 rings (SSSR count). The highest BCUT2D eigenvalue weighted by molar-refractivity contribution is 7.98. The molecular weight excluding hydrogens is 281 g/mol. The molecule has 1 unspecified atom stereocenters. The standard InChI is InChI=1S/C15H15ClFNS/c1-19-13-6-3-10(4-7-13)15(18)8-11-2-5-12(16)9-14(11)17/h2-7,9,15H,8,18H2,1H3. The fraction of sp³-hybridized carbons (Fsp3) is 0.200. The Morgan fingerprint density at radius 3 is 2.47 bits per heavy atom. The monoisotopic (exact) mass is 295 g/mol. The number of nitrogens with two attached hydrogens (primary N) is 1. The summed E-state index contributed by atoms with van der Waals surface area (Å²) < 4.78 is 13.7. The molecule has 0 aliphatic heterocycles. The molecule has 0 aliphatic carbocycles. The third-order valence-corrected chi connectivity index (χ3v) is 3.98. The first-order chi connectivity index (χ1) is 9.10. The molecule has 0 fully saturated rings. The topological polar surface area (TPSA) is 26.0 Å². The molecule has 1 nitrogen and oxygen atoms in total. The molecule has 0 aromatic heterocycles. The molecule has 100 valence electrons. The molecule has 2 N–H and O–H groups in total. The van der Waals surface area contributed by atoms with Gasteiger partial charge in [0.25, 0.3) is 0 Å². The van der Waals surface area contributed by atoms with Gasteiger partial charge in [-0.15, -0.1) is 11.8 Å². The highest BCUT2D eigenvalue weighted by atomic mass is 35.5. The maximum absolute atomic E-state index is 13.7. The zero-order valence-corrected chi connectivity index (χ0v) is 12.1. The Hall–Kier alpha value is -1.03. The van der Waals surface area contributed by atoms with Crippen LogP contribution >= 0.6 is 23.4 Å². The van der Waals surface area contributed by atoms with Crippen molar-refractivity contribution < 1.29 is 4.39 Å². The third-order valence-electron chi connectivity index (χ3n) is 3.00. The molecule has 0 heterocycles. The number of thioether (sulfide) groups is 1. The van der Waals surface area contributed by atoms with Gasteiger partial charge in [-0.05, 0) is 48.1 Å². The Kier molecular flexibility index (Phi) is 4.86. The largest absolute Gasteiger partial charge is 0.324 e. The molecule has 1 atom stereocenters. The second-order valence-electron chi connectivity index (χ2n) is 4.32. The van der Waals surface area contributed by atoms with E-state index in [0.29, 0.717) is 17.0 Å². The number of hydrogen-bond acceptors (Lipinski definition) is 2. The fourth-order valence-electron chi connectivity index (χ4n) is 1.89. The van der Waals surface area contributed by atoms with Crippen LogP contribution in [0, 0.1) is 5.82 Å². The normalized spacial score (nSPS) is 12.4. The maximum atomic E-state index is 13.7. The van der Waals surface area contributed by atoms with Gasteiger partial charge in [0.1, 0.15) is 5.82 Å². The molecular formula is C15H15ClFNS. The molecule has 19 heavy (non-hydrogen) atoms. The minimum absolute atomic E-state index is 0.216. The van der Waals surface area contributed by atoms with Crippen molar-refractivity contribution in [2.45, 2.75) is 17.4 Å². The van der Waals surface area contributed by atoms with Crippen molar-refractivity contribution in [2.24, 2.45) is 5.73 Å². The zero-order valence-electron chi connectivity index (χ0n) is 10.6. The molecule has 0 aliphatic rings. The first-order valence-electron chi connectivity index (χ1n) is 5.93. The van der Waals surface area contributed by atoms with Crippen LogP contribution in [0.15, 0.2) is 47.4 Å². The van der Waals surface area contributed by atoms with Crippen molar-refractivity contribution in [1.82, 2.24) is 0 Å². The summed E-state index contributed by atoms with van der Waals surface area (Å²) in [5.41, 5.74) is 7.71. The summed E-state index contributed by atoms with van der Waals surface area (Å²) in [5.74, 6) is -0.302. The van der Waals surface area contributed by atoms with Crippen molar-refractivity contribution in [3.8, 4) is 0 Å². The third kappa shape index (κ3) is 3.72. The summed E-state index contributed by atoms with van der Waals surface area (Å²) in [7, 11) is 0. The Labute approximate surface area is 122 Å². The fourth-order valence-corrected chi connectivity index (χ4v) is 2.46. The van der Waals surface area contributed by atoms with Gasteiger partial charge in [0.2, 0.25) is 0 Å². The van der Waals surface area contributed by atoms with Gasteiger partial charge in [0.05, 0.1) is 0 Å². The van der Waals surface area contributed by atoms with Crippen molar-refractivity contribution in [3.05, 3.63) is 64.4 Å². The van der Waals surface area contributed by atoms with E-state index in [1.165, 1.54) is 11.0 Å². The van der Waals surface area contributed by atoms with Gasteiger partial charge in [0.15, 0.2) is 0 Å². The maximum Gasteiger partial charge on any atom is 0.127 e. The van der Waals surface area contributed by atoms with Gasteiger partial charge in [-0.3, -0.25) is 0 Å². The average molecular weight is 296 g/mol. The van der Waals surface area contributed by atoms with Crippen LogP contribution in [-0.2, 0) is 6.42 Å². The summed E-state index contributed by atoms with van der Waals surface area (Å²) in [6.07, 6.45) is 2.49. The van der Waals surface area contributed by atoms with Crippen LogP contribution in [-0.4, -0.2) is 6.26 Å². The Bertz CT molecular complexity index is 557. The van der Waals surface area contributed by atoms with Crippen LogP contribution in [0.2, 0.25) is 5.02 Å².